The van der Waals surface area contributed by atoms with Crippen LogP contribution in [0.3, 0.4) is 0 Å². The van der Waals surface area contributed by atoms with Crippen molar-refractivity contribution < 1.29 is 37.1 Å². The Balaban J connectivity index is 0.000000127. The van der Waals surface area contributed by atoms with Gasteiger partial charge in [0.25, 0.3) is 51.8 Å². The average Bonchev–Trinajstić information content (AvgIpc) is 1.61. The summed E-state index contributed by atoms with van der Waals surface area (Å²) in [6, 6.07) is 28.6. The number of aryl methyl sites for hydroxylation is 2. The minimum atomic E-state index is -1.03. The van der Waals surface area contributed by atoms with Gasteiger partial charge in [-0.1, -0.05) is 17.7 Å². The smallest absolute Gasteiger partial charge is 0.280 e. The quantitative estimate of drug-likeness (QED) is 0.0257. The molecule has 15 aromatic rings. The third-order valence-electron chi connectivity index (χ3n) is 20.8. The van der Waals surface area contributed by atoms with Crippen LogP contribution in [-0.4, -0.2) is 205 Å². The number of alkyl halides is 2. The monoisotopic (exact) mass is 1790 g/mol. The lowest BCUT2D eigenvalue weighted by molar-refractivity contribution is 0.0820. The molecule has 4 aliphatic carbocycles. The van der Waals surface area contributed by atoms with E-state index in [1.807, 2.05) is 26.0 Å². The molecular formula is C85H84ClF3N32O9. The molecule has 4 atom stereocenters. The molecule has 4 fully saturated rings. The van der Waals surface area contributed by atoms with Crippen LogP contribution >= 0.6 is 11.6 Å². The fraction of sp³-hybridized carbons (Fsp3) is 0.247. The molecule has 0 saturated heterocycles. The minimum absolute atomic E-state index is 0.172. The Morgan fingerprint density at radius 3 is 1.20 bits per heavy atom. The van der Waals surface area contributed by atoms with Crippen molar-refractivity contribution in [3.05, 3.63) is 257 Å². The van der Waals surface area contributed by atoms with Gasteiger partial charge in [-0.05, 0) is 118 Å². The van der Waals surface area contributed by atoms with E-state index in [0.717, 1.165) is 31.4 Å². The molecular weight excluding hydrogens is 1710 g/mol. The highest BCUT2D eigenvalue weighted by atomic mass is 35.5. The molecule has 14 heterocycles. The molecule has 1 aromatic carbocycles. The van der Waals surface area contributed by atoms with Gasteiger partial charge in [0.15, 0.2) is 28.4 Å². The third kappa shape index (κ3) is 19.0. The lowest BCUT2D eigenvalue weighted by Crippen LogP contribution is -2.27. The SMILES string of the molecule is CCn1cc(Cl)cc(Nc2cc(NC)n3ncc(C(=O)NC4CC4)c3n2)c1=O.CNc1cc(Nc2cccn(-c3ccc(F)cc3)c2=O)nc2c(C(=O)N[C@H]3C[C@H]3F)cnn12.CNc1cc(Nc2cccn(-c3cccc(C)n3)c2=O)nc2c(C(=O)N[C@H]3C[C@H]3F)cnn12.CNc1cc(Nc2cccn(-c3cnc(C(=O)N(C)C)cn3)c2=O)nc2c(C(=O)NC3CC3)cnn12. The summed E-state index contributed by atoms with van der Waals surface area (Å²) in [4.78, 5) is 146. The van der Waals surface area contributed by atoms with Crippen molar-refractivity contribution in [1.29, 1.82) is 0 Å². The van der Waals surface area contributed by atoms with Crippen molar-refractivity contribution in [2.75, 3.05) is 84.8 Å². The number of carbonyl (C=O) groups is 5. The molecule has 41 nitrogen and oxygen atoms in total. The first-order valence-electron chi connectivity index (χ1n) is 40.9. The zero-order valence-electron chi connectivity index (χ0n) is 70.7. The van der Waals surface area contributed by atoms with Crippen molar-refractivity contribution in [2.24, 2.45) is 0 Å². The molecule has 19 rings (SSSR count). The van der Waals surface area contributed by atoms with E-state index in [2.05, 4.69) is 119 Å². The number of fused-ring (bicyclic) bond motifs is 4. The molecule has 130 heavy (non-hydrogen) atoms. The van der Waals surface area contributed by atoms with Gasteiger partial charge in [0, 0.05) is 134 Å². The van der Waals surface area contributed by atoms with E-state index in [1.54, 1.807) is 144 Å². The van der Waals surface area contributed by atoms with Gasteiger partial charge in [-0.15, -0.1) is 0 Å². The Hall–Kier alpha value is -16.4. The van der Waals surface area contributed by atoms with E-state index in [1.165, 1.54) is 98.2 Å². The van der Waals surface area contributed by atoms with Crippen molar-refractivity contribution in [2.45, 2.75) is 95.4 Å². The van der Waals surface area contributed by atoms with Gasteiger partial charge in [-0.3, -0.25) is 56.9 Å². The maximum absolute atomic E-state index is 13.3. The number of nitrogens with zero attached hydrogens (tertiary/aromatic N) is 20. The van der Waals surface area contributed by atoms with Gasteiger partial charge in [-0.2, -0.15) is 38.5 Å². The lowest BCUT2D eigenvalue weighted by atomic mass is 10.3. The van der Waals surface area contributed by atoms with Crippen LogP contribution in [0.4, 0.5) is 82.5 Å². The number of amides is 5. The van der Waals surface area contributed by atoms with Gasteiger partial charge >= 0.3 is 0 Å². The van der Waals surface area contributed by atoms with Crippen LogP contribution in [0.25, 0.3) is 39.9 Å². The van der Waals surface area contributed by atoms with Crippen LogP contribution in [0, 0.1) is 12.7 Å². The molecule has 45 heteroatoms. The second kappa shape index (κ2) is 37.0. The number of rotatable bonds is 25. The summed E-state index contributed by atoms with van der Waals surface area (Å²) in [5.41, 5.74) is 3.61. The van der Waals surface area contributed by atoms with E-state index in [0.29, 0.717) is 111 Å². The van der Waals surface area contributed by atoms with Crippen LogP contribution in [0.2, 0.25) is 5.02 Å². The number of nitrogens with one attached hydrogen (secondary N) is 12. The molecule has 5 amide bonds. The van der Waals surface area contributed by atoms with Crippen LogP contribution in [0.15, 0.2) is 190 Å². The molecule has 666 valence electrons. The Morgan fingerprint density at radius 1 is 0.454 bits per heavy atom. The summed E-state index contributed by atoms with van der Waals surface area (Å²) in [5.74, 6) is 2.36. The number of pyridine rings is 5. The minimum Gasteiger partial charge on any atom is -0.373 e. The predicted molar refractivity (Wildman–Crippen MR) is 479 cm³/mol. The van der Waals surface area contributed by atoms with Crippen molar-refractivity contribution in [1.82, 2.24) is 118 Å². The van der Waals surface area contributed by atoms with Gasteiger partial charge in [0.1, 0.15) is 121 Å². The maximum atomic E-state index is 13.3. The summed E-state index contributed by atoms with van der Waals surface area (Å²) >= 11 is 6.12. The first kappa shape index (κ1) is 87.1. The summed E-state index contributed by atoms with van der Waals surface area (Å²) in [6.07, 6.45) is 17.2. The number of anilines is 12. The average molecular weight is 1790 g/mol. The molecule has 0 unspecified atom stereocenters. The number of aromatic nitrogens is 19. The highest BCUT2D eigenvalue weighted by Gasteiger charge is 2.41. The fourth-order valence-corrected chi connectivity index (χ4v) is 13.6. The van der Waals surface area contributed by atoms with Crippen LogP contribution in [0.1, 0.15) is 103 Å². The first-order chi connectivity index (χ1) is 62.7. The number of carbonyl (C=O) groups excluding carboxylic acids is 5. The van der Waals surface area contributed by atoms with Crippen LogP contribution in [-0.2, 0) is 6.54 Å². The topological polar surface area (TPSA) is 480 Å². The third-order valence-corrected chi connectivity index (χ3v) is 21.0. The Labute approximate surface area is 739 Å². The molecule has 0 radical (unpaired) electrons. The molecule has 4 aliphatic rings. The summed E-state index contributed by atoms with van der Waals surface area (Å²) in [5, 5.41) is 52.7. The van der Waals surface area contributed by atoms with E-state index >= 15 is 0 Å². The summed E-state index contributed by atoms with van der Waals surface area (Å²) in [6.45, 7) is 4.21. The van der Waals surface area contributed by atoms with Crippen molar-refractivity contribution in [3.63, 3.8) is 0 Å². The lowest BCUT2D eigenvalue weighted by Gasteiger charge is -2.12. The number of halogens is 4. The number of hydrogen-bond acceptors (Lipinski definition) is 28. The standard InChI is InChI=1S/C23H24N10O3.C22H19F2N7O2.C22H21FN8O2.C18H20ClN7O2/c1-24-18-9-17(30-20-14(10-27-33(18)20)21(34)28-13-6-7-13)29-15-5-4-8-32(23(15)36)19-12-25-16(11-26-19)22(35)31(2)3;1-25-19-10-18(29-20-14(11-26-31(19)20)21(32)28-17-9-15(17)24)27-16-3-2-8-30(22(16)33)13-6-4-12(23)5-7-13;1-12-5-3-7-18(26-12)30-8-4-6-15(22(30)33)27-17-10-19(24-2)31-20(29-17)13(11-25-31)21(32)28-16-9-14(16)23;1-3-25-9-10(19)6-13(18(25)28)23-14-7-15(20-2)26-16(24-14)12(8-21-26)17(27)22-11-4-5-11/h4-5,8-13,24H,6-7H2,1-3H3,(H,28,34)(H,29,30);2-8,10-11,15,17,25H,9H2,1H3,(H,27,29)(H,28,32);3-8,10-11,14,16,24H,9H2,1-2H3,(H,27,29)(H,28,32);6-9,11,20H,3-5H2,1-2H3,(H,22,27)(H,23,24)/t;15-,17+;14-,16+;/m.11./s1. The highest BCUT2D eigenvalue weighted by molar-refractivity contribution is 6.30. The Bertz CT molecular complexity index is 7170. The molecule has 0 bridgehead atoms. The molecule has 4 saturated carbocycles. The molecule has 0 spiro atoms. The van der Waals surface area contributed by atoms with Gasteiger partial charge in [-0.25, -0.2) is 48.1 Å². The largest absolute Gasteiger partial charge is 0.373 e. The zero-order valence-corrected chi connectivity index (χ0v) is 71.5. The highest BCUT2D eigenvalue weighted by Crippen LogP contribution is 2.32. The fourth-order valence-electron chi connectivity index (χ4n) is 13.4. The number of hydrogen-bond donors (Lipinski definition) is 12. The maximum Gasteiger partial charge on any atom is 0.280 e. The van der Waals surface area contributed by atoms with Crippen LogP contribution < -0.4 is 86.0 Å². The van der Waals surface area contributed by atoms with E-state index < -0.39 is 47.6 Å². The zero-order chi connectivity index (χ0) is 91.5. The normalized spacial score (nSPS) is 15.1. The van der Waals surface area contributed by atoms with Gasteiger partial charge in [0.05, 0.1) is 54.3 Å². The van der Waals surface area contributed by atoms with E-state index in [-0.39, 0.29) is 97.5 Å². The molecule has 14 aromatic heterocycles. The summed E-state index contributed by atoms with van der Waals surface area (Å²) in [7, 11) is 10.1. The predicted octanol–water partition coefficient (Wildman–Crippen LogP) is 8.15. The van der Waals surface area contributed by atoms with E-state index in [9.17, 15) is 56.3 Å². The summed E-state index contributed by atoms with van der Waals surface area (Å²) < 4.78 is 51.3. The second-order valence-electron chi connectivity index (χ2n) is 30.5. The van der Waals surface area contributed by atoms with Crippen molar-refractivity contribution in [3.8, 4) is 17.3 Å². The Kier molecular flexibility index (Phi) is 24.8. The van der Waals surface area contributed by atoms with Crippen LogP contribution in [0.5, 0.6) is 0 Å². The first-order valence-corrected chi connectivity index (χ1v) is 41.3. The molecule has 0 aliphatic heterocycles. The van der Waals surface area contributed by atoms with E-state index in [4.69, 9.17) is 11.6 Å². The number of benzene rings is 1. The van der Waals surface area contributed by atoms with Gasteiger partial charge in [0.2, 0.25) is 0 Å². The Morgan fingerprint density at radius 2 is 0.838 bits per heavy atom. The second-order valence-corrected chi connectivity index (χ2v) is 30.9. The van der Waals surface area contributed by atoms with Crippen molar-refractivity contribution >= 4 is 133 Å². The van der Waals surface area contributed by atoms with Gasteiger partial charge < -0.3 is 73.3 Å². The molecule has 12 N–H and O–H groups in total.